The van der Waals surface area contributed by atoms with Crippen molar-refractivity contribution in [3.05, 3.63) is 30.3 Å². The summed E-state index contributed by atoms with van der Waals surface area (Å²) in [6, 6.07) is 7.03. The largest absolute Gasteiger partial charge is 0.390 e. The molecule has 8 heteroatoms. The fourth-order valence-corrected chi connectivity index (χ4v) is 4.66. The quantitative estimate of drug-likeness (QED) is 0.669. The van der Waals surface area contributed by atoms with Gasteiger partial charge in [0, 0.05) is 13.1 Å². The predicted molar refractivity (Wildman–Crippen MR) is 99.8 cm³/mol. The van der Waals surface area contributed by atoms with Gasteiger partial charge < -0.3 is 16.2 Å². The Bertz CT molecular complexity index is 694. The molecule has 1 aromatic rings. The summed E-state index contributed by atoms with van der Waals surface area (Å²) >= 11 is 0. The molecule has 7 nitrogen and oxygen atoms in total. The normalized spacial score (nSPS) is 23.4. The van der Waals surface area contributed by atoms with Crippen molar-refractivity contribution >= 4 is 15.9 Å². The summed E-state index contributed by atoms with van der Waals surface area (Å²) in [5.41, 5.74) is 5.89. The molecule has 1 aliphatic heterocycles. The molecule has 1 aromatic carbocycles. The fraction of sp³-hybridized carbons (Fsp3) is 0.611. The molecule has 1 aliphatic rings. The van der Waals surface area contributed by atoms with Crippen LogP contribution in [0.1, 0.15) is 33.1 Å². The monoisotopic (exact) mass is 383 g/mol. The number of carbonyl (C=O) groups excluding carboxylic acids is 1. The number of aliphatic hydroxyl groups is 1. The van der Waals surface area contributed by atoms with Crippen molar-refractivity contribution in [2.24, 2.45) is 11.7 Å². The van der Waals surface area contributed by atoms with Crippen LogP contribution in [0.4, 0.5) is 0 Å². The number of benzene rings is 1. The molecule has 2 rings (SSSR count). The van der Waals surface area contributed by atoms with Crippen molar-refractivity contribution in [2.75, 3.05) is 13.1 Å². The van der Waals surface area contributed by atoms with E-state index in [4.69, 9.17) is 5.73 Å². The molecule has 1 amide bonds. The zero-order valence-electron chi connectivity index (χ0n) is 15.3. The van der Waals surface area contributed by atoms with Gasteiger partial charge in [-0.25, -0.2) is 8.42 Å². The van der Waals surface area contributed by atoms with Crippen LogP contribution in [0.3, 0.4) is 0 Å². The summed E-state index contributed by atoms with van der Waals surface area (Å²) in [6.45, 7) is 4.22. The molecule has 0 spiro atoms. The van der Waals surface area contributed by atoms with E-state index in [0.29, 0.717) is 31.7 Å². The SMILES string of the molecule is CC(C)CC(N)C(=O)NC1CCCN(S(=O)(=O)c2ccccc2)C[C@@H]1O. The van der Waals surface area contributed by atoms with E-state index < -0.39 is 28.2 Å². The summed E-state index contributed by atoms with van der Waals surface area (Å²) in [5.74, 6) is -0.0107. The summed E-state index contributed by atoms with van der Waals surface area (Å²) in [6.07, 6.45) is 0.630. The smallest absolute Gasteiger partial charge is 0.243 e. The third-order valence-corrected chi connectivity index (χ3v) is 6.43. The molecule has 0 radical (unpaired) electrons. The van der Waals surface area contributed by atoms with E-state index in [1.54, 1.807) is 18.2 Å². The average Bonchev–Trinajstić information content (AvgIpc) is 2.77. The van der Waals surface area contributed by atoms with E-state index in [2.05, 4.69) is 5.32 Å². The zero-order valence-corrected chi connectivity index (χ0v) is 16.2. The molecule has 1 heterocycles. The van der Waals surface area contributed by atoms with Gasteiger partial charge in [0.2, 0.25) is 15.9 Å². The Kier molecular flexibility index (Phi) is 7.16. The van der Waals surface area contributed by atoms with Crippen molar-refractivity contribution in [1.29, 1.82) is 0 Å². The molecular formula is C18H29N3O4S. The highest BCUT2D eigenvalue weighted by atomic mass is 32.2. The number of carbonyl (C=O) groups is 1. The summed E-state index contributed by atoms with van der Waals surface area (Å²) < 4.78 is 26.8. The molecule has 146 valence electrons. The molecule has 0 bridgehead atoms. The number of rotatable bonds is 6. The highest BCUT2D eigenvalue weighted by Crippen LogP contribution is 2.20. The number of hydrogen-bond acceptors (Lipinski definition) is 5. The van der Waals surface area contributed by atoms with Gasteiger partial charge in [-0.05, 0) is 37.3 Å². The molecule has 1 saturated heterocycles. The highest BCUT2D eigenvalue weighted by molar-refractivity contribution is 7.89. The van der Waals surface area contributed by atoms with E-state index in [1.165, 1.54) is 16.4 Å². The minimum atomic E-state index is -3.67. The molecule has 2 unspecified atom stereocenters. The van der Waals surface area contributed by atoms with Gasteiger partial charge in [0.05, 0.1) is 23.1 Å². The Morgan fingerprint density at radius 2 is 2.00 bits per heavy atom. The van der Waals surface area contributed by atoms with E-state index >= 15 is 0 Å². The molecular weight excluding hydrogens is 354 g/mol. The van der Waals surface area contributed by atoms with Crippen molar-refractivity contribution in [3.63, 3.8) is 0 Å². The van der Waals surface area contributed by atoms with Crippen LogP contribution >= 0.6 is 0 Å². The lowest BCUT2D eigenvalue weighted by atomic mass is 10.0. The van der Waals surface area contributed by atoms with Crippen molar-refractivity contribution in [2.45, 2.75) is 56.2 Å². The van der Waals surface area contributed by atoms with Gasteiger partial charge in [-0.15, -0.1) is 0 Å². The Hall–Kier alpha value is -1.48. The van der Waals surface area contributed by atoms with Gasteiger partial charge in [0.15, 0.2) is 0 Å². The first-order valence-electron chi connectivity index (χ1n) is 9.01. The minimum Gasteiger partial charge on any atom is -0.390 e. The maximum Gasteiger partial charge on any atom is 0.243 e. The first kappa shape index (κ1) is 20.8. The highest BCUT2D eigenvalue weighted by Gasteiger charge is 2.33. The van der Waals surface area contributed by atoms with Crippen molar-refractivity contribution in [1.82, 2.24) is 9.62 Å². The number of amides is 1. The first-order valence-corrected chi connectivity index (χ1v) is 10.4. The second-order valence-electron chi connectivity index (χ2n) is 7.24. The van der Waals surface area contributed by atoms with Gasteiger partial charge in [0.1, 0.15) is 0 Å². The van der Waals surface area contributed by atoms with Crippen molar-refractivity contribution in [3.8, 4) is 0 Å². The van der Waals surface area contributed by atoms with Crippen LogP contribution in [0.15, 0.2) is 35.2 Å². The lowest BCUT2D eigenvalue weighted by Gasteiger charge is -2.26. The Morgan fingerprint density at radius 1 is 1.35 bits per heavy atom. The number of aliphatic hydroxyl groups excluding tert-OH is 1. The maximum absolute atomic E-state index is 12.8. The fourth-order valence-electron chi connectivity index (χ4n) is 3.14. The van der Waals surface area contributed by atoms with E-state index in [9.17, 15) is 18.3 Å². The lowest BCUT2D eigenvalue weighted by Crippen LogP contribution is -2.51. The van der Waals surface area contributed by atoms with Crippen molar-refractivity contribution < 1.29 is 18.3 Å². The van der Waals surface area contributed by atoms with Crippen LogP contribution < -0.4 is 11.1 Å². The van der Waals surface area contributed by atoms with Crippen LogP contribution in [0.5, 0.6) is 0 Å². The van der Waals surface area contributed by atoms with E-state index in [-0.39, 0.29) is 17.3 Å². The summed E-state index contributed by atoms with van der Waals surface area (Å²) in [5, 5.41) is 13.3. The third-order valence-electron chi connectivity index (χ3n) is 4.55. The predicted octanol–water partition coefficient (Wildman–Crippen LogP) is 0.690. The number of β-amino-alcohol motifs (C(OH)–C–C–N with tert-alkyl or cyclic N) is 1. The van der Waals surface area contributed by atoms with Gasteiger partial charge in [-0.3, -0.25) is 4.79 Å². The van der Waals surface area contributed by atoms with E-state index in [0.717, 1.165) is 0 Å². The number of hydrogen-bond donors (Lipinski definition) is 3. The van der Waals surface area contributed by atoms with Gasteiger partial charge in [0.25, 0.3) is 0 Å². The molecule has 4 N–H and O–H groups in total. The average molecular weight is 384 g/mol. The van der Waals surface area contributed by atoms with E-state index in [1.807, 2.05) is 13.8 Å². The topological polar surface area (TPSA) is 113 Å². The molecule has 1 fully saturated rings. The molecule has 0 aromatic heterocycles. The molecule has 0 aliphatic carbocycles. The van der Waals surface area contributed by atoms with Crippen LogP contribution in [-0.4, -0.2) is 55.0 Å². The van der Waals surface area contributed by atoms with Crippen LogP contribution in [0.25, 0.3) is 0 Å². The second kappa shape index (κ2) is 8.94. The van der Waals surface area contributed by atoms with Crippen LogP contribution in [0, 0.1) is 5.92 Å². The van der Waals surface area contributed by atoms with Gasteiger partial charge in [-0.2, -0.15) is 4.31 Å². The van der Waals surface area contributed by atoms with Crippen LogP contribution in [0.2, 0.25) is 0 Å². The standard InChI is InChI=1S/C18H29N3O4S/c1-13(2)11-15(19)18(23)20-16-9-6-10-21(12-17(16)22)26(24,25)14-7-4-3-5-8-14/h3-5,7-8,13,15-17,22H,6,9-12,19H2,1-2H3,(H,20,23)/t15?,16?,17-/m0/s1. The first-order chi connectivity index (χ1) is 12.2. The number of nitrogens with zero attached hydrogens (tertiary/aromatic N) is 1. The number of nitrogens with one attached hydrogen (secondary N) is 1. The Morgan fingerprint density at radius 3 is 2.62 bits per heavy atom. The molecule has 26 heavy (non-hydrogen) atoms. The minimum absolute atomic E-state index is 0.0540. The van der Waals surface area contributed by atoms with Crippen LogP contribution in [-0.2, 0) is 14.8 Å². The summed E-state index contributed by atoms with van der Waals surface area (Å²) in [4.78, 5) is 12.4. The summed E-state index contributed by atoms with van der Waals surface area (Å²) in [7, 11) is -3.67. The van der Waals surface area contributed by atoms with Gasteiger partial charge >= 0.3 is 0 Å². The number of sulfonamides is 1. The molecule has 0 saturated carbocycles. The Balaban J connectivity index is 2.04. The second-order valence-corrected chi connectivity index (χ2v) is 9.17. The third kappa shape index (κ3) is 5.26. The Labute approximate surface area is 155 Å². The zero-order chi connectivity index (χ0) is 19.3. The van der Waals surface area contributed by atoms with Gasteiger partial charge in [-0.1, -0.05) is 32.0 Å². The lowest BCUT2D eigenvalue weighted by molar-refractivity contribution is -0.124. The number of nitrogens with two attached hydrogens (primary N) is 1. The molecule has 3 atom stereocenters. The maximum atomic E-state index is 12.8.